The van der Waals surface area contributed by atoms with Crippen molar-refractivity contribution in [1.29, 1.82) is 0 Å². The standard InChI is InChI=1S/C19H15IO/c1-3-17-15(11-12-20)16-10-9-13(2)18(19(16)21-17)14-7-5-4-6-8-14/h3-12H,1H2,2H3/b12-11-. The minimum Gasteiger partial charge on any atom is -0.455 e. The Morgan fingerprint density at radius 2 is 1.86 bits per heavy atom. The maximum Gasteiger partial charge on any atom is 0.143 e. The molecule has 3 aromatic rings. The van der Waals surface area contributed by atoms with Crippen LogP contribution in [0.4, 0.5) is 0 Å². The van der Waals surface area contributed by atoms with Crippen LogP contribution in [0.25, 0.3) is 34.2 Å². The number of rotatable bonds is 3. The number of fused-ring (bicyclic) bond motifs is 1. The molecule has 104 valence electrons. The predicted molar refractivity (Wildman–Crippen MR) is 99.5 cm³/mol. The highest BCUT2D eigenvalue weighted by Crippen LogP contribution is 2.37. The van der Waals surface area contributed by atoms with Gasteiger partial charge in [0.2, 0.25) is 0 Å². The van der Waals surface area contributed by atoms with Crippen LogP contribution in [0.15, 0.2) is 57.5 Å². The van der Waals surface area contributed by atoms with Crippen molar-refractivity contribution >= 4 is 45.7 Å². The minimum atomic E-state index is 0.820. The molecule has 0 aliphatic carbocycles. The topological polar surface area (TPSA) is 13.1 Å². The molecular formula is C19H15IO. The van der Waals surface area contributed by atoms with Gasteiger partial charge >= 0.3 is 0 Å². The SMILES string of the molecule is C=Cc1oc2c(-c3ccccc3)c(C)ccc2c1/C=C\I. The summed E-state index contributed by atoms with van der Waals surface area (Å²) in [6.07, 6.45) is 3.84. The monoisotopic (exact) mass is 386 g/mol. The van der Waals surface area contributed by atoms with E-state index in [4.69, 9.17) is 4.42 Å². The second kappa shape index (κ2) is 5.90. The third-order valence-electron chi connectivity index (χ3n) is 3.61. The Morgan fingerprint density at radius 1 is 1.10 bits per heavy atom. The lowest BCUT2D eigenvalue weighted by atomic mass is 9.97. The summed E-state index contributed by atoms with van der Waals surface area (Å²) in [7, 11) is 0. The molecule has 2 aromatic carbocycles. The molecule has 0 aliphatic rings. The first-order valence-electron chi connectivity index (χ1n) is 6.77. The van der Waals surface area contributed by atoms with Crippen molar-refractivity contribution in [3.05, 3.63) is 70.0 Å². The number of halogens is 1. The van der Waals surface area contributed by atoms with Crippen molar-refractivity contribution in [2.24, 2.45) is 0 Å². The van der Waals surface area contributed by atoms with Gasteiger partial charge in [0.25, 0.3) is 0 Å². The van der Waals surface area contributed by atoms with Gasteiger partial charge in [-0.05, 0) is 34.3 Å². The second-order valence-electron chi connectivity index (χ2n) is 4.88. The summed E-state index contributed by atoms with van der Waals surface area (Å²) in [6, 6.07) is 14.6. The van der Waals surface area contributed by atoms with Crippen LogP contribution in [0.1, 0.15) is 16.9 Å². The average Bonchev–Trinajstić information content (AvgIpc) is 2.86. The molecule has 0 saturated carbocycles. The summed E-state index contributed by atoms with van der Waals surface area (Å²) in [5.74, 6) is 0.820. The molecular weight excluding hydrogens is 371 g/mol. The first-order valence-corrected chi connectivity index (χ1v) is 8.01. The van der Waals surface area contributed by atoms with Gasteiger partial charge in [-0.3, -0.25) is 0 Å². The lowest BCUT2D eigenvalue weighted by Crippen LogP contribution is -1.84. The zero-order chi connectivity index (χ0) is 14.8. The molecule has 1 aromatic heterocycles. The largest absolute Gasteiger partial charge is 0.455 e. The van der Waals surface area contributed by atoms with E-state index in [0.29, 0.717) is 0 Å². The van der Waals surface area contributed by atoms with Gasteiger partial charge in [-0.15, -0.1) is 0 Å². The fourth-order valence-electron chi connectivity index (χ4n) is 2.65. The third-order valence-corrected chi connectivity index (χ3v) is 3.97. The lowest BCUT2D eigenvalue weighted by Gasteiger charge is -2.06. The highest BCUT2D eigenvalue weighted by Gasteiger charge is 2.15. The van der Waals surface area contributed by atoms with Crippen LogP contribution in [-0.4, -0.2) is 0 Å². The van der Waals surface area contributed by atoms with E-state index in [9.17, 15) is 0 Å². The number of furan rings is 1. The molecule has 0 atom stereocenters. The molecule has 3 rings (SSSR count). The zero-order valence-corrected chi connectivity index (χ0v) is 13.9. The van der Waals surface area contributed by atoms with Crippen LogP contribution < -0.4 is 0 Å². The quantitative estimate of drug-likeness (QED) is 0.471. The van der Waals surface area contributed by atoms with Crippen LogP contribution in [0.5, 0.6) is 0 Å². The Hall–Kier alpha value is -1.81. The van der Waals surface area contributed by atoms with Gasteiger partial charge < -0.3 is 4.42 Å². The van der Waals surface area contributed by atoms with Crippen LogP contribution in [0, 0.1) is 6.92 Å². The van der Waals surface area contributed by atoms with Crippen LogP contribution >= 0.6 is 22.6 Å². The highest BCUT2D eigenvalue weighted by molar-refractivity contribution is 14.1. The summed E-state index contributed by atoms with van der Waals surface area (Å²) >= 11 is 2.22. The van der Waals surface area contributed by atoms with Crippen molar-refractivity contribution in [2.75, 3.05) is 0 Å². The molecule has 0 radical (unpaired) electrons. The molecule has 0 N–H and O–H groups in total. The van der Waals surface area contributed by atoms with E-state index in [0.717, 1.165) is 27.9 Å². The fourth-order valence-corrected chi connectivity index (χ4v) is 3.01. The molecule has 0 saturated heterocycles. The summed E-state index contributed by atoms with van der Waals surface area (Å²) in [4.78, 5) is 0. The Kier molecular flexibility index (Phi) is 3.97. The summed E-state index contributed by atoms with van der Waals surface area (Å²) in [5.41, 5.74) is 5.56. The number of aryl methyl sites for hydroxylation is 1. The molecule has 0 spiro atoms. The average molecular weight is 386 g/mol. The minimum absolute atomic E-state index is 0.820. The van der Waals surface area contributed by atoms with E-state index in [2.05, 4.69) is 78.6 Å². The molecule has 0 bridgehead atoms. The van der Waals surface area contributed by atoms with Crippen LogP contribution in [-0.2, 0) is 0 Å². The Labute approximate surface area is 138 Å². The molecule has 1 heterocycles. The zero-order valence-electron chi connectivity index (χ0n) is 11.8. The first kappa shape index (κ1) is 14.1. The Bertz CT molecular complexity index is 826. The summed E-state index contributed by atoms with van der Waals surface area (Å²) in [5, 5.41) is 1.13. The van der Waals surface area contributed by atoms with E-state index in [1.54, 1.807) is 6.08 Å². The van der Waals surface area contributed by atoms with E-state index in [1.165, 1.54) is 11.1 Å². The van der Waals surface area contributed by atoms with Gasteiger partial charge in [0.15, 0.2) is 0 Å². The Balaban J connectivity index is 2.40. The van der Waals surface area contributed by atoms with Crippen molar-refractivity contribution in [1.82, 2.24) is 0 Å². The van der Waals surface area contributed by atoms with Crippen molar-refractivity contribution in [3.8, 4) is 11.1 Å². The lowest BCUT2D eigenvalue weighted by molar-refractivity contribution is 0.604. The molecule has 2 heteroatoms. The van der Waals surface area contributed by atoms with Gasteiger partial charge in [-0.1, -0.05) is 71.6 Å². The summed E-state index contributed by atoms with van der Waals surface area (Å²) in [6.45, 7) is 5.98. The molecule has 0 aliphatic heterocycles. The fraction of sp³-hybridized carbons (Fsp3) is 0.0526. The smallest absolute Gasteiger partial charge is 0.143 e. The normalized spacial score (nSPS) is 11.3. The van der Waals surface area contributed by atoms with Crippen molar-refractivity contribution in [3.63, 3.8) is 0 Å². The molecule has 0 amide bonds. The molecule has 1 nitrogen and oxygen atoms in total. The molecule has 21 heavy (non-hydrogen) atoms. The van der Waals surface area contributed by atoms with Crippen molar-refractivity contribution in [2.45, 2.75) is 6.92 Å². The number of hydrogen-bond acceptors (Lipinski definition) is 1. The first-order chi connectivity index (χ1) is 10.3. The third kappa shape index (κ3) is 2.44. The van der Waals surface area contributed by atoms with E-state index in [-0.39, 0.29) is 0 Å². The second-order valence-corrected chi connectivity index (χ2v) is 5.60. The van der Waals surface area contributed by atoms with E-state index in [1.807, 2.05) is 10.1 Å². The van der Waals surface area contributed by atoms with E-state index < -0.39 is 0 Å². The van der Waals surface area contributed by atoms with E-state index >= 15 is 0 Å². The van der Waals surface area contributed by atoms with Gasteiger partial charge in [-0.2, -0.15) is 0 Å². The Morgan fingerprint density at radius 3 is 2.52 bits per heavy atom. The van der Waals surface area contributed by atoms with Crippen LogP contribution in [0.2, 0.25) is 0 Å². The van der Waals surface area contributed by atoms with Gasteiger partial charge in [0.1, 0.15) is 11.3 Å². The van der Waals surface area contributed by atoms with Crippen LogP contribution in [0.3, 0.4) is 0 Å². The molecule has 0 unspecified atom stereocenters. The number of benzene rings is 2. The van der Waals surface area contributed by atoms with Gasteiger partial charge in [0.05, 0.1) is 0 Å². The predicted octanol–water partition coefficient (Wildman–Crippen LogP) is 6.46. The van der Waals surface area contributed by atoms with Gasteiger partial charge in [-0.25, -0.2) is 0 Å². The van der Waals surface area contributed by atoms with Gasteiger partial charge in [0, 0.05) is 16.5 Å². The summed E-state index contributed by atoms with van der Waals surface area (Å²) < 4.78 is 8.09. The number of hydrogen-bond donors (Lipinski definition) is 0. The highest BCUT2D eigenvalue weighted by atomic mass is 127. The maximum atomic E-state index is 6.09. The maximum absolute atomic E-state index is 6.09. The molecule has 0 fully saturated rings. The van der Waals surface area contributed by atoms with Crippen molar-refractivity contribution < 1.29 is 4.42 Å².